The maximum absolute atomic E-state index is 5.89. The van der Waals surface area contributed by atoms with Gasteiger partial charge in [0.25, 0.3) is 0 Å². The Morgan fingerprint density at radius 3 is 2.60 bits per heavy atom. The number of para-hydroxylation sites is 2. The molecule has 0 amide bonds. The number of benzene rings is 3. The van der Waals surface area contributed by atoms with Crippen LogP contribution in [-0.4, -0.2) is 14.4 Å². The number of aromatic nitrogens is 3. The third-order valence-corrected chi connectivity index (χ3v) is 4.79. The Hall–Kier alpha value is -3.53. The van der Waals surface area contributed by atoms with E-state index in [1.807, 2.05) is 34.7 Å². The van der Waals surface area contributed by atoms with E-state index >= 15 is 0 Å². The lowest BCUT2D eigenvalue weighted by molar-refractivity contribution is 0.643. The molecule has 0 atom stereocenters. The monoisotopic (exact) mass is 323 g/mol. The Labute approximate surface area is 142 Å². The molecule has 3 aromatic heterocycles. The summed E-state index contributed by atoms with van der Waals surface area (Å²) in [7, 11) is 0. The van der Waals surface area contributed by atoms with Gasteiger partial charge in [-0.3, -0.25) is 0 Å². The molecule has 0 saturated heterocycles. The van der Waals surface area contributed by atoms with Crippen LogP contribution in [0.3, 0.4) is 0 Å². The molecular formula is C21H13N3O. The molecule has 6 aromatic rings. The fraction of sp³-hybridized carbons (Fsp3) is 0. The van der Waals surface area contributed by atoms with Crippen LogP contribution in [0, 0.1) is 0 Å². The van der Waals surface area contributed by atoms with Gasteiger partial charge in [0, 0.05) is 10.9 Å². The van der Waals surface area contributed by atoms with Crippen LogP contribution in [0.2, 0.25) is 0 Å². The number of hydrogen-bond acceptors (Lipinski definition) is 2. The van der Waals surface area contributed by atoms with Crippen LogP contribution in [0.1, 0.15) is 0 Å². The highest BCUT2D eigenvalue weighted by Gasteiger charge is 2.17. The van der Waals surface area contributed by atoms with Crippen LogP contribution in [0.5, 0.6) is 0 Å². The van der Waals surface area contributed by atoms with Gasteiger partial charge >= 0.3 is 5.84 Å². The quantitative estimate of drug-likeness (QED) is 0.441. The van der Waals surface area contributed by atoms with Crippen LogP contribution >= 0.6 is 0 Å². The topological polar surface area (TPSA) is 46.2 Å². The Morgan fingerprint density at radius 1 is 0.840 bits per heavy atom. The van der Waals surface area contributed by atoms with Gasteiger partial charge in [-0.15, -0.1) is 0 Å². The minimum Gasteiger partial charge on any atom is -0.423 e. The predicted molar refractivity (Wildman–Crippen MR) is 99.8 cm³/mol. The van der Waals surface area contributed by atoms with E-state index in [-0.39, 0.29) is 0 Å². The summed E-state index contributed by atoms with van der Waals surface area (Å²) < 4.78 is 7.94. The van der Waals surface area contributed by atoms with Crippen molar-refractivity contribution in [3.63, 3.8) is 0 Å². The second-order valence-electron chi connectivity index (χ2n) is 6.25. The van der Waals surface area contributed by atoms with Crippen molar-refractivity contribution in [3.8, 4) is 11.1 Å². The zero-order chi connectivity index (χ0) is 16.4. The van der Waals surface area contributed by atoms with Gasteiger partial charge in [-0.05, 0) is 35.4 Å². The molecule has 0 radical (unpaired) electrons. The first-order chi connectivity index (χ1) is 12.4. The van der Waals surface area contributed by atoms with Gasteiger partial charge < -0.3 is 9.40 Å². The third kappa shape index (κ3) is 1.68. The highest BCUT2D eigenvalue weighted by molar-refractivity contribution is 6.07. The average molecular weight is 323 g/mol. The van der Waals surface area contributed by atoms with Gasteiger partial charge in [-0.25, -0.2) is 4.40 Å². The number of hydrogen-bond donors (Lipinski definition) is 1. The van der Waals surface area contributed by atoms with Crippen LogP contribution in [0.15, 0.2) is 77.2 Å². The Bertz CT molecular complexity index is 1390. The van der Waals surface area contributed by atoms with Crippen molar-refractivity contribution in [1.29, 1.82) is 0 Å². The minimum absolute atomic E-state index is 0.620. The van der Waals surface area contributed by atoms with Gasteiger partial charge in [0.2, 0.25) is 0 Å². The molecule has 6 rings (SSSR count). The van der Waals surface area contributed by atoms with Crippen molar-refractivity contribution < 1.29 is 4.42 Å². The summed E-state index contributed by atoms with van der Waals surface area (Å²) >= 11 is 0. The standard InChI is InChI=1S/C21H13N3O/c1-2-6-13(7-3-1)14-10-11-16-15(12-14)19-20(22-16)24-17-8-4-5-9-18(17)25-21(24)23-19/h1-12,22H. The van der Waals surface area contributed by atoms with E-state index in [1.165, 1.54) is 11.1 Å². The molecule has 25 heavy (non-hydrogen) atoms. The first-order valence-corrected chi connectivity index (χ1v) is 8.25. The lowest BCUT2D eigenvalue weighted by atomic mass is 10.0. The van der Waals surface area contributed by atoms with Crippen LogP contribution in [-0.2, 0) is 0 Å². The predicted octanol–water partition coefficient (Wildman–Crippen LogP) is 5.38. The lowest BCUT2D eigenvalue weighted by Crippen LogP contribution is -1.80. The smallest absolute Gasteiger partial charge is 0.309 e. The highest BCUT2D eigenvalue weighted by Crippen LogP contribution is 2.32. The van der Waals surface area contributed by atoms with Crippen molar-refractivity contribution in [1.82, 2.24) is 14.4 Å². The summed E-state index contributed by atoms with van der Waals surface area (Å²) in [5.41, 5.74) is 7.25. The summed E-state index contributed by atoms with van der Waals surface area (Å²) in [4.78, 5) is 8.24. The van der Waals surface area contributed by atoms with E-state index in [1.54, 1.807) is 0 Å². The first-order valence-electron chi connectivity index (χ1n) is 8.25. The first kappa shape index (κ1) is 12.8. The number of oxazole rings is 1. The number of imidazole rings is 1. The second kappa shape index (κ2) is 4.51. The SMILES string of the molecule is c1ccc(-c2ccc3[nH]c4c(nc5oc6ccccc6n54)c3c2)cc1. The molecule has 0 bridgehead atoms. The number of H-pyrrole nitrogens is 1. The van der Waals surface area contributed by atoms with Gasteiger partial charge in [0.05, 0.1) is 5.52 Å². The largest absolute Gasteiger partial charge is 0.423 e. The number of aromatic amines is 1. The average Bonchev–Trinajstić information content (AvgIpc) is 3.29. The summed E-state index contributed by atoms with van der Waals surface area (Å²) in [5.74, 6) is 0.620. The van der Waals surface area contributed by atoms with Gasteiger partial charge in [-0.2, -0.15) is 4.98 Å². The van der Waals surface area contributed by atoms with Crippen LogP contribution in [0.4, 0.5) is 0 Å². The Morgan fingerprint density at radius 2 is 1.68 bits per heavy atom. The summed E-state index contributed by atoms with van der Waals surface area (Å²) in [6.07, 6.45) is 0. The maximum atomic E-state index is 5.89. The molecule has 1 N–H and O–H groups in total. The van der Waals surface area contributed by atoms with Crippen molar-refractivity contribution >= 4 is 39.0 Å². The summed E-state index contributed by atoms with van der Waals surface area (Å²) in [6.45, 7) is 0. The summed E-state index contributed by atoms with van der Waals surface area (Å²) in [6, 6.07) is 24.8. The number of fused-ring (bicyclic) bond motifs is 7. The molecule has 0 saturated carbocycles. The van der Waals surface area contributed by atoms with E-state index in [9.17, 15) is 0 Å². The van der Waals surface area contributed by atoms with Crippen LogP contribution < -0.4 is 0 Å². The molecule has 0 unspecified atom stereocenters. The normalized spacial score (nSPS) is 12.0. The molecule has 4 nitrogen and oxygen atoms in total. The number of nitrogens with zero attached hydrogens (tertiary/aromatic N) is 2. The molecule has 0 spiro atoms. The molecule has 3 aromatic carbocycles. The third-order valence-electron chi connectivity index (χ3n) is 4.79. The molecule has 3 heterocycles. The van der Waals surface area contributed by atoms with Crippen molar-refractivity contribution in [2.24, 2.45) is 0 Å². The van der Waals surface area contributed by atoms with Gasteiger partial charge in [-0.1, -0.05) is 48.5 Å². The van der Waals surface area contributed by atoms with E-state index < -0.39 is 0 Å². The zero-order valence-corrected chi connectivity index (χ0v) is 13.2. The molecule has 118 valence electrons. The van der Waals surface area contributed by atoms with Gasteiger partial charge in [0.15, 0.2) is 5.58 Å². The molecule has 0 aliphatic heterocycles. The number of rotatable bonds is 1. The van der Waals surface area contributed by atoms with E-state index in [0.717, 1.165) is 33.2 Å². The van der Waals surface area contributed by atoms with E-state index in [4.69, 9.17) is 9.40 Å². The van der Waals surface area contributed by atoms with E-state index in [2.05, 4.69) is 47.4 Å². The molecule has 0 aliphatic rings. The van der Waals surface area contributed by atoms with Crippen molar-refractivity contribution in [3.05, 3.63) is 72.8 Å². The molecular weight excluding hydrogens is 310 g/mol. The lowest BCUT2D eigenvalue weighted by Gasteiger charge is -2.01. The van der Waals surface area contributed by atoms with Crippen molar-refractivity contribution in [2.75, 3.05) is 0 Å². The minimum atomic E-state index is 0.620. The number of nitrogens with one attached hydrogen (secondary N) is 1. The molecule has 0 fully saturated rings. The molecule has 0 aliphatic carbocycles. The maximum Gasteiger partial charge on any atom is 0.309 e. The van der Waals surface area contributed by atoms with Gasteiger partial charge in [0.1, 0.15) is 11.2 Å². The van der Waals surface area contributed by atoms with Crippen molar-refractivity contribution in [2.45, 2.75) is 0 Å². The zero-order valence-electron chi connectivity index (χ0n) is 13.2. The Balaban J connectivity index is 1.71. The summed E-state index contributed by atoms with van der Waals surface area (Å²) in [5, 5.41) is 1.11. The molecule has 4 heteroatoms. The Kier molecular flexibility index (Phi) is 2.32. The van der Waals surface area contributed by atoms with E-state index in [0.29, 0.717) is 5.84 Å². The second-order valence-corrected chi connectivity index (χ2v) is 6.25. The van der Waals surface area contributed by atoms with Crippen LogP contribution in [0.25, 0.3) is 50.1 Å². The highest BCUT2D eigenvalue weighted by atomic mass is 16.4. The fourth-order valence-electron chi connectivity index (χ4n) is 3.61. The fourth-order valence-corrected chi connectivity index (χ4v) is 3.61.